The summed E-state index contributed by atoms with van der Waals surface area (Å²) in [6.07, 6.45) is -0.139. The Morgan fingerprint density at radius 2 is 2.04 bits per heavy atom. The molecule has 1 heterocycles. The third-order valence-corrected chi connectivity index (χ3v) is 6.32. The van der Waals surface area contributed by atoms with Crippen LogP contribution in [0.2, 0.25) is 0 Å². The quantitative estimate of drug-likeness (QED) is 0.574. The van der Waals surface area contributed by atoms with Gasteiger partial charge in [0.15, 0.2) is 0 Å². The second-order valence-corrected chi connectivity index (χ2v) is 8.37. The van der Waals surface area contributed by atoms with E-state index in [9.17, 15) is 23.6 Å². The van der Waals surface area contributed by atoms with E-state index in [1.807, 2.05) is 19.2 Å². The molecule has 0 saturated carbocycles. The van der Waals surface area contributed by atoms with E-state index >= 15 is 0 Å². The molecule has 27 heavy (non-hydrogen) atoms. The van der Waals surface area contributed by atoms with E-state index in [-0.39, 0.29) is 17.1 Å². The van der Waals surface area contributed by atoms with Crippen LogP contribution in [0.3, 0.4) is 0 Å². The number of rotatable bonds is 6. The number of aryl methyl sites for hydroxylation is 1. The molecule has 0 aromatic heterocycles. The Morgan fingerprint density at radius 1 is 1.30 bits per heavy atom. The fourth-order valence-electron chi connectivity index (χ4n) is 3.17. The standard InChI is InChI=1S/C18H21N3O5S/c1-12-3-5-15(21(23)24)10-18(12)27(25,26)19-11-17(22)14-4-6-16-13(9-14)7-8-20(16)2/h3-6,9-10,17,19,22H,7-8,11H2,1-2H3. The SMILES string of the molecule is Cc1ccc([N+](=O)[O-])cc1S(=O)(=O)NCC(O)c1ccc2c(c1)CCN2C. The average Bonchev–Trinajstić information content (AvgIpc) is 3.00. The topological polar surface area (TPSA) is 113 Å². The molecule has 3 rings (SSSR count). The normalized spacial score (nSPS) is 14.9. The maximum Gasteiger partial charge on any atom is 0.270 e. The van der Waals surface area contributed by atoms with Gasteiger partial charge in [-0.2, -0.15) is 0 Å². The molecule has 0 bridgehead atoms. The van der Waals surface area contributed by atoms with E-state index in [0.717, 1.165) is 30.3 Å². The van der Waals surface area contributed by atoms with Crippen molar-refractivity contribution in [2.75, 3.05) is 25.0 Å². The predicted octanol–water partition coefficient (Wildman–Crippen LogP) is 1.91. The number of fused-ring (bicyclic) bond motifs is 1. The molecule has 8 nitrogen and oxygen atoms in total. The van der Waals surface area contributed by atoms with Crippen LogP contribution in [-0.4, -0.2) is 38.6 Å². The largest absolute Gasteiger partial charge is 0.387 e. The monoisotopic (exact) mass is 391 g/mol. The Hall–Kier alpha value is -2.49. The molecule has 144 valence electrons. The molecule has 2 N–H and O–H groups in total. The molecule has 1 unspecified atom stereocenters. The molecule has 1 atom stereocenters. The number of aliphatic hydroxyl groups excluding tert-OH is 1. The molecule has 0 saturated heterocycles. The van der Waals surface area contributed by atoms with Gasteiger partial charge in [-0.3, -0.25) is 10.1 Å². The van der Waals surface area contributed by atoms with E-state index in [2.05, 4.69) is 9.62 Å². The molecule has 2 aromatic carbocycles. The summed E-state index contributed by atoms with van der Waals surface area (Å²) in [6, 6.07) is 9.24. The summed E-state index contributed by atoms with van der Waals surface area (Å²) in [6.45, 7) is 2.25. The minimum absolute atomic E-state index is 0.167. The van der Waals surface area contributed by atoms with Crippen molar-refractivity contribution >= 4 is 21.4 Å². The van der Waals surface area contributed by atoms with Gasteiger partial charge in [-0.05, 0) is 36.1 Å². The summed E-state index contributed by atoms with van der Waals surface area (Å²) in [5.74, 6) is 0. The van der Waals surface area contributed by atoms with E-state index in [1.54, 1.807) is 13.0 Å². The van der Waals surface area contributed by atoms with Gasteiger partial charge in [-0.25, -0.2) is 13.1 Å². The van der Waals surface area contributed by atoms with Crippen LogP contribution >= 0.6 is 0 Å². The molecule has 0 radical (unpaired) electrons. The number of nitro benzene ring substituents is 1. The summed E-state index contributed by atoms with van der Waals surface area (Å²) in [5.41, 5.74) is 2.94. The first-order valence-corrected chi connectivity index (χ1v) is 9.94. The predicted molar refractivity (Wildman–Crippen MR) is 101 cm³/mol. The highest BCUT2D eigenvalue weighted by molar-refractivity contribution is 7.89. The summed E-state index contributed by atoms with van der Waals surface area (Å²) in [5, 5.41) is 21.3. The van der Waals surface area contributed by atoms with Crippen LogP contribution in [0.1, 0.15) is 22.8 Å². The lowest BCUT2D eigenvalue weighted by molar-refractivity contribution is -0.385. The highest BCUT2D eigenvalue weighted by Crippen LogP contribution is 2.29. The molecule has 0 fully saturated rings. The third kappa shape index (κ3) is 3.95. The minimum Gasteiger partial charge on any atom is -0.387 e. The number of hydrogen-bond acceptors (Lipinski definition) is 6. The van der Waals surface area contributed by atoms with E-state index in [1.165, 1.54) is 12.1 Å². The Labute approximate surface area is 157 Å². The molecule has 0 spiro atoms. The lowest BCUT2D eigenvalue weighted by Gasteiger charge is -2.16. The van der Waals surface area contributed by atoms with Crippen molar-refractivity contribution in [1.29, 1.82) is 0 Å². The van der Waals surface area contributed by atoms with Gasteiger partial charge in [-0.1, -0.05) is 18.2 Å². The molecule has 2 aromatic rings. The highest BCUT2D eigenvalue weighted by atomic mass is 32.2. The maximum atomic E-state index is 12.5. The van der Waals surface area contributed by atoms with Crippen molar-refractivity contribution in [2.24, 2.45) is 0 Å². The number of anilines is 1. The number of nitrogens with one attached hydrogen (secondary N) is 1. The van der Waals surface area contributed by atoms with Crippen molar-refractivity contribution in [3.05, 3.63) is 63.2 Å². The Kier molecular flexibility index (Phi) is 5.18. The first-order chi connectivity index (χ1) is 12.7. The van der Waals surface area contributed by atoms with Crippen LogP contribution in [0.25, 0.3) is 0 Å². The number of non-ortho nitro benzene ring substituents is 1. The van der Waals surface area contributed by atoms with Gasteiger partial charge >= 0.3 is 0 Å². The molecule has 1 aliphatic rings. The second-order valence-electron chi connectivity index (χ2n) is 6.63. The second kappa shape index (κ2) is 7.26. The molecule has 0 amide bonds. The summed E-state index contributed by atoms with van der Waals surface area (Å²) >= 11 is 0. The van der Waals surface area contributed by atoms with Crippen LogP contribution in [0.4, 0.5) is 11.4 Å². The number of sulfonamides is 1. The first kappa shape index (κ1) is 19.3. The zero-order chi connectivity index (χ0) is 19.8. The zero-order valence-electron chi connectivity index (χ0n) is 15.0. The van der Waals surface area contributed by atoms with E-state index in [4.69, 9.17) is 0 Å². The summed E-state index contributed by atoms with van der Waals surface area (Å²) in [4.78, 5) is 12.2. The van der Waals surface area contributed by atoms with E-state index in [0.29, 0.717) is 11.1 Å². The third-order valence-electron chi connectivity index (χ3n) is 4.75. The van der Waals surface area contributed by atoms with Gasteiger partial charge in [-0.15, -0.1) is 0 Å². The van der Waals surface area contributed by atoms with Crippen LogP contribution in [0.5, 0.6) is 0 Å². The molecule has 0 aliphatic carbocycles. The van der Waals surface area contributed by atoms with Gasteiger partial charge in [0.1, 0.15) is 0 Å². The lowest BCUT2D eigenvalue weighted by Crippen LogP contribution is -2.29. The number of nitro groups is 1. The molecule has 9 heteroatoms. The smallest absolute Gasteiger partial charge is 0.270 e. The fraction of sp³-hybridized carbons (Fsp3) is 0.333. The highest BCUT2D eigenvalue weighted by Gasteiger charge is 2.23. The fourth-order valence-corrected chi connectivity index (χ4v) is 4.47. The Bertz CT molecular complexity index is 990. The molecular formula is C18H21N3O5S. The maximum absolute atomic E-state index is 12.5. The van der Waals surface area contributed by atoms with Crippen molar-refractivity contribution in [3.8, 4) is 0 Å². The molecular weight excluding hydrogens is 370 g/mol. The van der Waals surface area contributed by atoms with Crippen LogP contribution in [-0.2, 0) is 16.4 Å². The Morgan fingerprint density at radius 3 is 2.74 bits per heavy atom. The lowest BCUT2D eigenvalue weighted by atomic mass is 10.0. The van der Waals surface area contributed by atoms with Gasteiger partial charge in [0.25, 0.3) is 5.69 Å². The van der Waals surface area contributed by atoms with Crippen molar-refractivity contribution in [2.45, 2.75) is 24.3 Å². The number of aliphatic hydroxyl groups is 1. The van der Waals surface area contributed by atoms with Crippen LogP contribution < -0.4 is 9.62 Å². The average molecular weight is 391 g/mol. The number of benzene rings is 2. The van der Waals surface area contributed by atoms with Gasteiger partial charge < -0.3 is 10.0 Å². The summed E-state index contributed by atoms with van der Waals surface area (Å²) in [7, 11) is -2.00. The van der Waals surface area contributed by atoms with Gasteiger partial charge in [0.2, 0.25) is 10.0 Å². The zero-order valence-corrected chi connectivity index (χ0v) is 15.9. The van der Waals surface area contributed by atoms with Crippen LogP contribution in [0.15, 0.2) is 41.3 Å². The first-order valence-electron chi connectivity index (χ1n) is 8.46. The number of hydrogen-bond donors (Lipinski definition) is 2. The van der Waals surface area contributed by atoms with Crippen molar-refractivity contribution < 1.29 is 18.4 Å². The summed E-state index contributed by atoms with van der Waals surface area (Å²) < 4.78 is 27.4. The van der Waals surface area contributed by atoms with Gasteiger partial charge in [0.05, 0.1) is 15.9 Å². The van der Waals surface area contributed by atoms with Crippen molar-refractivity contribution in [1.82, 2.24) is 4.72 Å². The van der Waals surface area contributed by atoms with Crippen LogP contribution in [0, 0.1) is 17.0 Å². The minimum atomic E-state index is -3.99. The number of likely N-dealkylation sites (N-methyl/N-ethyl adjacent to an activating group) is 1. The van der Waals surface area contributed by atoms with Gasteiger partial charge in [0, 0.05) is 38.0 Å². The van der Waals surface area contributed by atoms with E-state index < -0.39 is 21.1 Å². The van der Waals surface area contributed by atoms with Crippen molar-refractivity contribution in [3.63, 3.8) is 0 Å². The molecule has 1 aliphatic heterocycles. The Balaban J connectivity index is 1.76. The number of nitrogens with zero attached hydrogens (tertiary/aromatic N) is 2.